The summed E-state index contributed by atoms with van der Waals surface area (Å²) in [6, 6.07) is 6.06. The number of nitrogens with one attached hydrogen (secondary N) is 1. The van der Waals surface area contributed by atoms with E-state index in [4.69, 9.17) is 25.8 Å². The van der Waals surface area contributed by atoms with E-state index < -0.39 is 21.2 Å². The number of anilines is 1. The van der Waals surface area contributed by atoms with E-state index in [0.717, 1.165) is 101 Å². The number of hydrogen-bond donors (Lipinski definition) is 1. The average Bonchev–Trinajstić information content (AvgIpc) is 3.19. The van der Waals surface area contributed by atoms with Crippen molar-refractivity contribution >= 4 is 33.2 Å². The van der Waals surface area contributed by atoms with Gasteiger partial charge in [0.1, 0.15) is 5.75 Å². The molecule has 4 aliphatic heterocycles. The standard InChI is InChI=1S/C44H67ClN4O6S/c1-32-10-9-19-44(54-4,30-47-23-24-48-21-8-6-12-37(48)29-47)38-15-13-34(38)28-49-22-7-5-11-35-27-36(45)17-20-43(35,2)31-55-40-16-14-33(26-39(40)49)42(50)46-56(51,52)41(32)18-25-53-3/h14,16-17,20,26-27,32,34-35,37-38,41H,5-13,15,18-19,21-25,28-31H2,1-4H3,(H,46,50)/t32-,34-,35?,37+,38+,41+,43?,44-/m0/s1. The Labute approximate surface area is 341 Å². The molecule has 7 rings (SSSR count). The third-order valence-corrected chi connectivity index (χ3v) is 16.8. The van der Waals surface area contributed by atoms with E-state index in [1.54, 1.807) is 13.2 Å². The molecule has 2 aliphatic carbocycles. The summed E-state index contributed by atoms with van der Waals surface area (Å²) in [6.07, 6.45) is 18.2. The van der Waals surface area contributed by atoms with Gasteiger partial charge in [-0.05, 0) is 112 Å². The number of piperidine rings is 1. The second-order valence-corrected chi connectivity index (χ2v) is 20.5. The molecule has 56 heavy (non-hydrogen) atoms. The summed E-state index contributed by atoms with van der Waals surface area (Å²) in [5.41, 5.74) is 0.583. The Kier molecular flexibility index (Phi) is 13.5. The molecule has 3 fully saturated rings. The molecule has 1 N–H and O–H groups in total. The molecule has 1 amide bonds. The number of benzene rings is 1. The maximum Gasteiger partial charge on any atom is 0.264 e. The van der Waals surface area contributed by atoms with Crippen LogP contribution in [0, 0.1) is 29.1 Å². The normalized spacial score (nSPS) is 36.0. The summed E-state index contributed by atoms with van der Waals surface area (Å²) >= 11 is 6.53. The number of sulfonamides is 1. The van der Waals surface area contributed by atoms with Crippen LogP contribution < -0.4 is 14.4 Å². The van der Waals surface area contributed by atoms with Crippen LogP contribution in [-0.2, 0) is 19.5 Å². The molecule has 0 spiro atoms. The van der Waals surface area contributed by atoms with Gasteiger partial charge in [-0.15, -0.1) is 0 Å². The number of nitrogens with zero attached hydrogens (tertiary/aromatic N) is 3. The molecule has 2 saturated heterocycles. The monoisotopic (exact) mass is 814 g/mol. The Balaban J connectivity index is 1.25. The number of methoxy groups -OCH3 is 2. The highest BCUT2D eigenvalue weighted by molar-refractivity contribution is 7.90. The molecular weight excluding hydrogens is 748 g/mol. The average molecular weight is 816 g/mol. The molecule has 1 saturated carbocycles. The van der Waals surface area contributed by atoms with E-state index in [1.165, 1.54) is 25.8 Å². The van der Waals surface area contributed by atoms with Gasteiger partial charge in [0, 0.05) is 82.1 Å². The topological polar surface area (TPSA) is 101 Å². The number of carbonyl (C=O) groups is 1. The Bertz CT molecular complexity index is 1710. The Morgan fingerprint density at radius 2 is 1.80 bits per heavy atom. The van der Waals surface area contributed by atoms with E-state index in [1.807, 2.05) is 32.2 Å². The lowest BCUT2D eigenvalue weighted by atomic mass is 9.62. The fourth-order valence-corrected chi connectivity index (χ4v) is 12.9. The summed E-state index contributed by atoms with van der Waals surface area (Å²) in [7, 11) is -0.512. The van der Waals surface area contributed by atoms with Gasteiger partial charge >= 0.3 is 0 Å². The summed E-state index contributed by atoms with van der Waals surface area (Å²) < 4.78 is 49.7. The fraction of sp³-hybridized carbons (Fsp3) is 0.750. The molecule has 4 heterocycles. The molecule has 12 heteroatoms. The minimum atomic E-state index is -4.03. The van der Waals surface area contributed by atoms with E-state index >= 15 is 0 Å². The Hall–Kier alpha value is -2.15. The third kappa shape index (κ3) is 9.18. The molecule has 2 unspecified atom stereocenters. The molecule has 312 valence electrons. The molecule has 2 bridgehead atoms. The Morgan fingerprint density at radius 3 is 2.59 bits per heavy atom. The van der Waals surface area contributed by atoms with Gasteiger partial charge in [-0.1, -0.05) is 56.9 Å². The second kappa shape index (κ2) is 18.0. The molecule has 1 aromatic carbocycles. The highest BCUT2D eigenvalue weighted by Crippen LogP contribution is 2.49. The quantitative estimate of drug-likeness (QED) is 0.319. The van der Waals surface area contributed by atoms with Crippen LogP contribution in [-0.4, -0.2) is 114 Å². The molecular formula is C44H67ClN4O6S. The first kappa shape index (κ1) is 42.0. The zero-order chi connectivity index (χ0) is 39.5. The third-order valence-electron chi connectivity index (χ3n) is 14.6. The second-order valence-electron chi connectivity index (χ2n) is 18.2. The zero-order valence-electron chi connectivity index (χ0n) is 34.4. The van der Waals surface area contributed by atoms with Gasteiger partial charge < -0.3 is 19.1 Å². The molecule has 8 atom stereocenters. The Morgan fingerprint density at radius 1 is 0.982 bits per heavy atom. The first-order chi connectivity index (χ1) is 26.9. The van der Waals surface area contributed by atoms with Crippen LogP contribution in [0.4, 0.5) is 5.69 Å². The number of halogens is 1. The molecule has 6 aliphatic rings. The summed E-state index contributed by atoms with van der Waals surface area (Å²) in [6.45, 7) is 12.0. The van der Waals surface area contributed by atoms with Gasteiger partial charge in [-0.2, -0.15) is 0 Å². The zero-order valence-corrected chi connectivity index (χ0v) is 35.9. The van der Waals surface area contributed by atoms with Crippen molar-refractivity contribution in [2.45, 2.75) is 108 Å². The minimum absolute atomic E-state index is 0.180. The highest BCUT2D eigenvalue weighted by Gasteiger charge is 2.50. The van der Waals surface area contributed by atoms with Crippen molar-refractivity contribution in [3.8, 4) is 5.75 Å². The van der Waals surface area contributed by atoms with E-state index in [2.05, 4.69) is 38.5 Å². The van der Waals surface area contributed by atoms with Crippen molar-refractivity contribution < 1.29 is 27.4 Å². The van der Waals surface area contributed by atoms with Crippen LogP contribution in [0.3, 0.4) is 0 Å². The fourth-order valence-electron chi connectivity index (χ4n) is 11.0. The maximum absolute atomic E-state index is 14.1. The van der Waals surface area contributed by atoms with Gasteiger partial charge in [-0.25, -0.2) is 13.1 Å². The number of rotatable bonds is 6. The van der Waals surface area contributed by atoms with Gasteiger partial charge in [0.25, 0.3) is 5.91 Å². The number of piperazine rings is 1. The number of ether oxygens (including phenoxy) is 3. The van der Waals surface area contributed by atoms with E-state index in [-0.39, 0.29) is 22.9 Å². The van der Waals surface area contributed by atoms with Crippen molar-refractivity contribution in [1.29, 1.82) is 0 Å². The largest absolute Gasteiger partial charge is 0.490 e. The highest BCUT2D eigenvalue weighted by atomic mass is 35.5. The van der Waals surface area contributed by atoms with Crippen molar-refractivity contribution in [2.24, 2.45) is 29.1 Å². The van der Waals surface area contributed by atoms with Crippen molar-refractivity contribution in [3.05, 3.63) is 47.0 Å². The van der Waals surface area contributed by atoms with Gasteiger partial charge in [0.15, 0.2) is 0 Å². The van der Waals surface area contributed by atoms with Crippen LogP contribution in [0.25, 0.3) is 0 Å². The number of amides is 1. The summed E-state index contributed by atoms with van der Waals surface area (Å²) in [4.78, 5) is 21.8. The molecule has 1 aromatic rings. The number of hydrogen-bond acceptors (Lipinski definition) is 9. The van der Waals surface area contributed by atoms with Crippen molar-refractivity contribution in [1.82, 2.24) is 14.5 Å². The van der Waals surface area contributed by atoms with Crippen molar-refractivity contribution in [2.75, 3.05) is 78.1 Å². The lowest BCUT2D eigenvalue weighted by Crippen LogP contribution is -2.61. The summed E-state index contributed by atoms with van der Waals surface area (Å²) in [5, 5.41) is 0.00289. The van der Waals surface area contributed by atoms with Gasteiger partial charge in [0.05, 0.1) is 23.1 Å². The summed E-state index contributed by atoms with van der Waals surface area (Å²) in [5.74, 6) is 0.951. The maximum atomic E-state index is 14.1. The predicted octanol–water partition coefficient (Wildman–Crippen LogP) is 7.24. The lowest BCUT2D eigenvalue weighted by molar-refractivity contribution is -0.136. The predicted molar refractivity (Wildman–Crippen MR) is 224 cm³/mol. The van der Waals surface area contributed by atoms with Crippen LogP contribution in [0.5, 0.6) is 5.75 Å². The van der Waals surface area contributed by atoms with Crippen LogP contribution in [0.15, 0.2) is 41.5 Å². The molecule has 0 aromatic heterocycles. The van der Waals surface area contributed by atoms with Crippen LogP contribution in [0.1, 0.15) is 101 Å². The molecule has 10 nitrogen and oxygen atoms in total. The van der Waals surface area contributed by atoms with Gasteiger partial charge in [-0.3, -0.25) is 14.6 Å². The smallest absolute Gasteiger partial charge is 0.264 e. The number of carbonyl (C=O) groups excluding carboxylic acids is 1. The SMILES string of the molecule is COCC[C@@H]1[C@@H](C)CCC[C@@](CN2CCN3CCCC[C@@H]3C2)(OC)[C@@H]2CC[C@H]2CN2CCCCC3C=C(Cl)C=CC3(C)COc3ccc(cc32)C(=O)NS1(=O)=O. The van der Waals surface area contributed by atoms with Crippen LogP contribution >= 0.6 is 11.6 Å². The first-order valence-electron chi connectivity index (χ1n) is 21.6. The van der Waals surface area contributed by atoms with E-state index in [0.29, 0.717) is 48.8 Å². The lowest BCUT2D eigenvalue weighted by Gasteiger charge is -2.54. The number of fused-ring (bicyclic) bond motifs is 4. The van der Waals surface area contributed by atoms with E-state index in [9.17, 15) is 13.2 Å². The minimum Gasteiger partial charge on any atom is -0.490 e. The van der Waals surface area contributed by atoms with Crippen molar-refractivity contribution in [3.63, 3.8) is 0 Å². The van der Waals surface area contributed by atoms with Gasteiger partial charge in [0.2, 0.25) is 10.0 Å². The number of allylic oxidation sites excluding steroid dienone is 3. The first-order valence-corrected chi connectivity index (χ1v) is 23.5. The van der Waals surface area contributed by atoms with Crippen LogP contribution in [0.2, 0.25) is 0 Å². The molecule has 0 radical (unpaired) electrons.